The van der Waals surface area contributed by atoms with E-state index in [0.717, 1.165) is 26.1 Å². The molecule has 1 aliphatic rings. The smallest absolute Gasteiger partial charge is 0.255 e. The van der Waals surface area contributed by atoms with Crippen molar-refractivity contribution in [2.75, 3.05) is 19.8 Å². The van der Waals surface area contributed by atoms with E-state index in [9.17, 15) is 5.11 Å². The molecular weight excluding hydrogens is 210 g/mol. The highest BCUT2D eigenvalue weighted by atomic mass is 16.5. The van der Waals surface area contributed by atoms with E-state index >= 15 is 0 Å². The predicted molar refractivity (Wildman–Crippen MR) is 55.7 cm³/mol. The lowest BCUT2D eigenvalue weighted by molar-refractivity contribution is 0.0830. The van der Waals surface area contributed by atoms with E-state index in [1.807, 2.05) is 0 Å². The van der Waals surface area contributed by atoms with Crippen LogP contribution in [0.15, 0.2) is 4.52 Å². The van der Waals surface area contributed by atoms with Crippen molar-refractivity contribution in [3.8, 4) is 0 Å². The summed E-state index contributed by atoms with van der Waals surface area (Å²) in [5.41, 5.74) is 5.35. The average molecular weight is 227 g/mol. The second-order valence-corrected chi connectivity index (χ2v) is 3.97. The maximum atomic E-state index is 9.63. The molecule has 1 fully saturated rings. The molecule has 0 unspecified atom stereocenters. The predicted octanol–water partition coefficient (Wildman–Crippen LogP) is 0.346. The molecule has 2 rings (SSSR count). The quantitative estimate of drug-likeness (QED) is 0.770. The molecule has 0 aliphatic carbocycles. The largest absolute Gasteiger partial charge is 0.383 e. The van der Waals surface area contributed by atoms with Gasteiger partial charge in [-0.1, -0.05) is 5.16 Å². The van der Waals surface area contributed by atoms with Gasteiger partial charge in [0, 0.05) is 19.1 Å². The van der Waals surface area contributed by atoms with Crippen LogP contribution in [0, 0.1) is 0 Å². The van der Waals surface area contributed by atoms with Gasteiger partial charge in [0.05, 0.1) is 0 Å². The number of aromatic nitrogens is 2. The lowest BCUT2D eigenvalue weighted by atomic mass is 10.00. The van der Waals surface area contributed by atoms with Crippen LogP contribution in [0.4, 0.5) is 0 Å². The molecule has 1 aromatic rings. The molecule has 0 bridgehead atoms. The van der Waals surface area contributed by atoms with Crippen LogP contribution in [0.5, 0.6) is 0 Å². The molecule has 1 aliphatic heterocycles. The lowest BCUT2D eigenvalue weighted by Gasteiger charge is -2.18. The number of aliphatic hydroxyl groups excluding tert-OH is 1. The molecule has 3 N–H and O–H groups in total. The van der Waals surface area contributed by atoms with Gasteiger partial charge in [0.2, 0.25) is 0 Å². The highest BCUT2D eigenvalue weighted by molar-refractivity contribution is 4.98. The molecule has 6 heteroatoms. The first-order valence-corrected chi connectivity index (χ1v) is 5.60. The van der Waals surface area contributed by atoms with Gasteiger partial charge in [-0.05, 0) is 25.8 Å². The van der Waals surface area contributed by atoms with E-state index < -0.39 is 6.10 Å². The summed E-state index contributed by atoms with van der Waals surface area (Å²) in [7, 11) is 0. The molecule has 0 saturated carbocycles. The Bertz CT molecular complexity index is 323. The van der Waals surface area contributed by atoms with Crippen LogP contribution >= 0.6 is 0 Å². The Kier molecular flexibility index (Phi) is 3.87. The number of aliphatic hydroxyl groups is 1. The van der Waals surface area contributed by atoms with Crippen LogP contribution in [0.25, 0.3) is 0 Å². The maximum absolute atomic E-state index is 9.63. The molecule has 1 atom stereocenters. The van der Waals surface area contributed by atoms with Crippen LogP contribution in [0.2, 0.25) is 0 Å². The van der Waals surface area contributed by atoms with Crippen molar-refractivity contribution in [1.82, 2.24) is 10.1 Å². The van der Waals surface area contributed by atoms with Gasteiger partial charge in [0.1, 0.15) is 6.10 Å². The van der Waals surface area contributed by atoms with Gasteiger partial charge in [-0.2, -0.15) is 4.98 Å². The number of rotatable bonds is 4. The Morgan fingerprint density at radius 1 is 1.44 bits per heavy atom. The molecule has 0 amide bonds. The lowest BCUT2D eigenvalue weighted by Crippen LogP contribution is -2.15. The summed E-state index contributed by atoms with van der Waals surface area (Å²) in [5, 5.41) is 13.5. The highest BCUT2D eigenvalue weighted by Gasteiger charge is 2.23. The molecule has 6 nitrogen and oxygen atoms in total. The molecule has 1 aromatic heterocycles. The first kappa shape index (κ1) is 11.5. The summed E-state index contributed by atoms with van der Waals surface area (Å²) in [5.74, 6) is 1.23. The minimum absolute atomic E-state index is 0.270. The second-order valence-electron chi connectivity index (χ2n) is 3.97. The van der Waals surface area contributed by atoms with Gasteiger partial charge >= 0.3 is 0 Å². The van der Waals surface area contributed by atoms with Crippen LogP contribution in [0.1, 0.15) is 43.0 Å². The summed E-state index contributed by atoms with van der Waals surface area (Å²) in [6.45, 7) is 1.87. The van der Waals surface area contributed by atoms with Gasteiger partial charge in [-0.15, -0.1) is 0 Å². The van der Waals surface area contributed by atoms with E-state index in [1.54, 1.807) is 0 Å². The second kappa shape index (κ2) is 5.38. The zero-order valence-electron chi connectivity index (χ0n) is 9.13. The number of hydrogen-bond acceptors (Lipinski definition) is 6. The van der Waals surface area contributed by atoms with E-state index in [2.05, 4.69) is 10.1 Å². The maximum Gasteiger partial charge on any atom is 0.255 e. The van der Waals surface area contributed by atoms with E-state index in [1.165, 1.54) is 0 Å². The summed E-state index contributed by atoms with van der Waals surface area (Å²) in [6, 6.07) is 0. The van der Waals surface area contributed by atoms with Crippen molar-refractivity contribution in [3.05, 3.63) is 11.7 Å². The van der Waals surface area contributed by atoms with Crippen LogP contribution in [0.3, 0.4) is 0 Å². The van der Waals surface area contributed by atoms with Crippen molar-refractivity contribution >= 4 is 0 Å². The SMILES string of the molecule is NCC[C@H](O)c1nc(C2CCOCC2)no1. The third kappa shape index (κ3) is 2.58. The average Bonchev–Trinajstić information content (AvgIpc) is 2.80. The Morgan fingerprint density at radius 2 is 2.19 bits per heavy atom. The molecule has 1 saturated heterocycles. The minimum Gasteiger partial charge on any atom is -0.383 e. The molecule has 90 valence electrons. The fraction of sp³-hybridized carbons (Fsp3) is 0.800. The fourth-order valence-corrected chi connectivity index (χ4v) is 1.79. The van der Waals surface area contributed by atoms with Crippen molar-refractivity contribution in [1.29, 1.82) is 0 Å². The Labute approximate surface area is 93.8 Å². The first-order valence-electron chi connectivity index (χ1n) is 5.60. The van der Waals surface area contributed by atoms with Crippen molar-refractivity contribution in [2.45, 2.75) is 31.3 Å². The standard InChI is InChI=1S/C10H17N3O3/c11-4-1-8(14)10-12-9(13-16-10)7-2-5-15-6-3-7/h7-8,14H,1-6,11H2/t8-/m0/s1. The summed E-state index contributed by atoms with van der Waals surface area (Å²) in [6.07, 6.45) is 1.51. The van der Waals surface area contributed by atoms with Gasteiger partial charge in [-0.3, -0.25) is 0 Å². The topological polar surface area (TPSA) is 94.4 Å². The molecule has 16 heavy (non-hydrogen) atoms. The summed E-state index contributed by atoms with van der Waals surface area (Å²) in [4.78, 5) is 4.21. The number of hydrogen-bond donors (Lipinski definition) is 2. The molecule has 0 radical (unpaired) electrons. The third-order valence-electron chi connectivity index (χ3n) is 2.77. The first-order chi connectivity index (χ1) is 7.81. The van der Waals surface area contributed by atoms with Gasteiger partial charge < -0.3 is 20.1 Å². The van der Waals surface area contributed by atoms with Gasteiger partial charge in [-0.25, -0.2) is 0 Å². The molecule has 2 heterocycles. The Hall–Kier alpha value is -0.980. The van der Waals surface area contributed by atoms with Crippen LogP contribution in [-0.2, 0) is 4.74 Å². The monoisotopic (exact) mass is 227 g/mol. The normalized spacial score (nSPS) is 19.9. The van der Waals surface area contributed by atoms with Crippen molar-refractivity contribution in [3.63, 3.8) is 0 Å². The van der Waals surface area contributed by atoms with Gasteiger partial charge in [0.15, 0.2) is 5.82 Å². The number of ether oxygens (including phenoxy) is 1. The minimum atomic E-state index is -0.744. The third-order valence-corrected chi connectivity index (χ3v) is 2.77. The summed E-state index contributed by atoms with van der Waals surface area (Å²) >= 11 is 0. The Morgan fingerprint density at radius 3 is 2.88 bits per heavy atom. The fourth-order valence-electron chi connectivity index (χ4n) is 1.79. The van der Waals surface area contributed by atoms with E-state index in [-0.39, 0.29) is 11.8 Å². The van der Waals surface area contributed by atoms with Crippen LogP contribution < -0.4 is 5.73 Å². The van der Waals surface area contributed by atoms with Crippen molar-refractivity contribution in [2.24, 2.45) is 5.73 Å². The highest BCUT2D eigenvalue weighted by Crippen LogP contribution is 2.25. The van der Waals surface area contributed by atoms with Crippen LogP contribution in [-0.4, -0.2) is 35.0 Å². The number of nitrogens with two attached hydrogens (primary N) is 1. The van der Waals surface area contributed by atoms with Crippen molar-refractivity contribution < 1.29 is 14.4 Å². The molecular formula is C10H17N3O3. The summed E-state index contributed by atoms with van der Waals surface area (Å²) < 4.78 is 10.3. The van der Waals surface area contributed by atoms with E-state index in [0.29, 0.717) is 18.8 Å². The van der Waals surface area contributed by atoms with Gasteiger partial charge in [0.25, 0.3) is 5.89 Å². The van der Waals surface area contributed by atoms with E-state index in [4.69, 9.17) is 15.0 Å². The molecule has 0 spiro atoms. The molecule has 0 aromatic carbocycles. The number of nitrogens with zero attached hydrogens (tertiary/aromatic N) is 2. The zero-order valence-corrected chi connectivity index (χ0v) is 9.13. The zero-order chi connectivity index (χ0) is 11.4. The Balaban J connectivity index is 2.00.